The van der Waals surface area contributed by atoms with Crippen molar-refractivity contribution < 1.29 is 31.9 Å². The second kappa shape index (κ2) is 7.51. The van der Waals surface area contributed by atoms with Crippen molar-refractivity contribution in [3.05, 3.63) is 29.6 Å². The van der Waals surface area contributed by atoms with Gasteiger partial charge in [-0.25, -0.2) is 14.0 Å². The van der Waals surface area contributed by atoms with Gasteiger partial charge in [0.1, 0.15) is 11.6 Å². The summed E-state index contributed by atoms with van der Waals surface area (Å²) in [5.41, 5.74) is 5.47. The van der Waals surface area contributed by atoms with E-state index in [-0.39, 0.29) is 30.2 Å². The third-order valence-corrected chi connectivity index (χ3v) is 5.87. The maximum absolute atomic E-state index is 14.1. The fraction of sp³-hybridized carbons (Fsp3) is 0.579. The van der Waals surface area contributed by atoms with Crippen molar-refractivity contribution in [3.8, 4) is 5.75 Å². The number of amides is 4. The summed E-state index contributed by atoms with van der Waals surface area (Å²) in [5, 5.41) is 2.66. The van der Waals surface area contributed by atoms with Crippen LogP contribution in [0, 0.1) is 17.7 Å². The van der Waals surface area contributed by atoms with Crippen molar-refractivity contribution >= 4 is 12.1 Å². The first-order chi connectivity index (χ1) is 14.1. The van der Waals surface area contributed by atoms with Gasteiger partial charge in [-0.05, 0) is 37.2 Å². The fourth-order valence-electron chi connectivity index (χ4n) is 4.22. The number of rotatable bonds is 5. The summed E-state index contributed by atoms with van der Waals surface area (Å²) < 4.78 is 54.6. The van der Waals surface area contributed by atoms with E-state index in [9.17, 15) is 27.2 Å². The Kier molecular flexibility index (Phi) is 5.15. The van der Waals surface area contributed by atoms with Crippen LogP contribution in [-0.2, 0) is 6.54 Å². The highest BCUT2D eigenvalue weighted by Gasteiger charge is 2.54. The molecule has 2 unspecified atom stereocenters. The summed E-state index contributed by atoms with van der Waals surface area (Å²) in [6, 6.07) is 1.81. The van der Waals surface area contributed by atoms with Crippen LogP contribution in [0.2, 0.25) is 0 Å². The van der Waals surface area contributed by atoms with E-state index in [0.717, 1.165) is 31.4 Å². The van der Waals surface area contributed by atoms with Crippen LogP contribution in [0.15, 0.2) is 18.2 Å². The predicted octanol–water partition coefficient (Wildman–Crippen LogP) is 2.80. The molecular formula is C19H22F4N4O3. The minimum atomic E-state index is -4.91. The fourth-order valence-corrected chi connectivity index (χ4v) is 4.22. The summed E-state index contributed by atoms with van der Waals surface area (Å²) in [6.07, 6.45) is -2.27. The van der Waals surface area contributed by atoms with Gasteiger partial charge in [0.15, 0.2) is 0 Å². The first-order valence-electron chi connectivity index (χ1n) is 9.77. The summed E-state index contributed by atoms with van der Waals surface area (Å²) in [7, 11) is 0. The van der Waals surface area contributed by atoms with E-state index in [4.69, 9.17) is 5.73 Å². The molecule has 1 aromatic rings. The van der Waals surface area contributed by atoms with E-state index in [1.165, 1.54) is 0 Å². The number of hydrogen-bond acceptors (Lipinski definition) is 3. The quantitative estimate of drug-likeness (QED) is 0.705. The lowest BCUT2D eigenvalue weighted by molar-refractivity contribution is -0.274. The average Bonchev–Trinajstić information content (AvgIpc) is 3.53. The minimum Gasteiger partial charge on any atom is -0.406 e. The summed E-state index contributed by atoms with van der Waals surface area (Å²) in [4.78, 5) is 27.8. The zero-order valence-corrected chi connectivity index (χ0v) is 16.0. The monoisotopic (exact) mass is 430 g/mol. The number of halogens is 4. The Labute approximate surface area is 170 Å². The van der Waals surface area contributed by atoms with Crippen LogP contribution >= 0.6 is 0 Å². The maximum Gasteiger partial charge on any atom is 0.573 e. The number of ether oxygens (including phenoxy) is 1. The van der Waals surface area contributed by atoms with Crippen LogP contribution in [0.1, 0.15) is 24.8 Å². The molecule has 3 atom stereocenters. The molecule has 0 bridgehead atoms. The Bertz CT molecular complexity index is 846. The number of hydrogen-bond donors (Lipinski definition) is 2. The molecule has 4 amide bonds. The van der Waals surface area contributed by atoms with Crippen molar-refractivity contribution in [2.75, 3.05) is 13.1 Å². The van der Waals surface area contributed by atoms with E-state index in [0.29, 0.717) is 31.0 Å². The minimum absolute atomic E-state index is 0.0420. The third-order valence-electron chi connectivity index (χ3n) is 5.87. The van der Waals surface area contributed by atoms with Gasteiger partial charge >= 0.3 is 18.4 Å². The molecular weight excluding hydrogens is 408 g/mol. The van der Waals surface area contributed by atoms with E-state index in [2.05, 4.69) is 10.1 Å². The van der Waals surface area contributed by atoms with E-state index in [1.807, 2.05) is 0 Å². The van der Waals surface area contributed by atoms with E-state index < -0.39 is 24.0 Å². The zero-order valence-electron chi connectivity index (χ0n) is 16.0. The molecule has 7 nitrogen and oxygen atoms in total. The summed E-state index contributed by atoms with van der Waals surface area (Å²) in [5.74, 6) is -0.913. The number of benzene rings is 1. The van der Waals surface area contributed by atoms with Crippen LogP contribution < -0.4 is 15.8 Å². The number of nitrogens with one attached hydrogen (secondary N) is 1. The third kappa shape index (κ3) is 4.54. The van der Waals surface area contributed by atoms with Crippen LogP contribution in [0.25, 0.3) is 0 Å². The molecule has 2 aliphatic carbocycles. The Balaban J connectivity index is 1.40. The van der Waals surface area contributed by atoms with Crippen LogP contribution in [-0.4, -0.2) is 53.4 Å². The molecule has 0 radical (unpaired) electrons. The Hall–Kier alpha value is -2.72. The average molecular weight is 430 g/mol. The smallest absolute Gasteiger partial charge is 0.406 e. The Morgan fingerprint density at radius 1 is 1.27 bits per heavy atom. The second-order valence-electron chi connectivity index (χ2n) is 8.07. The zero-order chi connectivity index (χ0) is 21.6. The standard InChI is InChI=1S/C19H22F4N4O3/c20-15-6-13(30-19(21,22)23)4-1-10(15)7-25-18(29)27(12-2-3-12)16-9-26(17(24)28)8-11-5-14(11)16/h1,4,6,11-12,14,16H,2-3,5,7-9H2,(H2,24,28)(H,25,29)/t11?,14?,16-/m0/s1. The highest BCUT2D eigenvalue weighted by molar-refractivity contribution is 5.76. The van der Waals surface area contributed by atoms with Gasteiger partial charge in [-0.3, -0.25) is 0 Å². The van der Waals surface area contributed by atoms with Crippen molar-refractivity contribution in [1.29, 1.82) is 0 Å². The highest BCUT2D eigenvalue weighted by atomic mass is 19.4. The number of primary amides is 1. The summed E-state index contributed by atoms with van der Waals surface area (Å²) in [6.45, 7) is 0.799. The lowest BCUT2D eigenvalue weighted by Crippen LogP contribution is -2.56. The van der Waals surface area contributed by atoms with E-state index in [1.54, 1.807) is 9.80 Å². The van der Waals surface area contributed by atoms with Gasteiger partial charge in [-0.1, -0.05) is 6.07 Å². The first-order valence-corrected chi connectivity index (χ1v) is 9.77. The number of alkyl halides is 3. The van der Waals surface area contributed by atoms with Gasteiger partial charge in [-0.2, -0.15) is 0 Å². The number of piperidine rings is 1. The number of nitrogens with two attached hydrogens (primary N) is 1. The Morgan fingerprint density at radius 2 is 2.00 bits per heavy atom. The van der Waals surface area contributed by atoms with Crippen molar-refractivity contribution in [1.82, 2.24) is 15.1 Å². The van der Waals surface area contributed by atoms with E-state index >= 15 is 0 Å². The number of urea groups is 2. The normalized spacial score (nSPS) is 25.3. The van der Waals surface area contributed by atoms with Crippen molar-refractivity contribution in [2.45, 2.75) is 44.3 Å². The van der Waals surface area contributed by atoms with Crippen LogP contribution in [0.3, 0.4) is 0 Å². The van der Waals surface area contributed by atoms with Crippen LogP contribution in [0.4, 0.5) is 27.2 Å². The number of carbonyl (C=O) groups excluding carboxylic acids is 2. The van der Waals surface area contributed by atoms with Gasteiger partial charge in [-0.15, -0.1) is 13.2 Å². The lowest BCUT2D eigenvalue weighted by Gasteiger charge is -2.38. The molecule has 11 heteroatoms. The molecule has 164 valence electrons. The molecule has 1 aromatic carbocycles. The molecule has 3 fully saturated rings. The molecule has 1 aliphatic heterocycles. The largest absolute Gasteiger partial charge is 0.573 e. The second-order valence-corrected chi connectivity index (χ2v) is 8.07. The van der Waals surface area contributed by atoms with Crippen molar-refractivity contribution in [3.63, 3.8) is 0 Å². The molecule has 4 rings (SSSR count). The molecule has 0 aromatic heterocycles. The predicted molar refractivity (Wildman–Crippen MR) is 96.7 cm³/mol. The van der Waals surface area contributed by atoms with Crippen molar-refractivity contribution in [2.24, 2.45) is 17.6 Å². The summed E-state index contributed by atoms with van der Waals surface area (Å²) >= 11 is 0. The molecule has 1 heterocycles. The molecule has 2 saturated carbocycles. The SMILES string of the molecule is NC(=O)N1CC2CC2[C@@H](N(C(=O)NCc2ccc(OC(F)(F)F)cc2F)C2CC2)C1. The Morgan fingerprint density at radius 3 is 2.60 bits per heavy atom. The number of nitrogens with zero attached hydrogens (tertiary/aromatic N) is 2. The first kappa shape index (κ1) is 20.5. The number of fused-ring (bicyclic) bond motifs is 1. The van der Waals surface area contributed by atoms with Gasteiger partial charge in [0, 0.05) is 37.3 Å². The van der Waals surface area contributed by atoms with Gasteiger partial charge < -0.3 is 25.6 Å². The molecule has 30 heavy (non-hydrogen) atoms. The maximum atomic E-state index is 14.1. The molecule has 0 spiro atoms. The number of likely N-dealkylation sites (tertiary alicyclic amines) is 1. The lowest BCUT2D eigenvalue weighted by atomic mass is 10.0. The van der Waals surface area contributed by atoms with Crippen LogP contribution in [0.5, 0.6) is 5.75 Å². The van der Waals surface area contributed by atoms with Gasteiger partial charge in [0.2, 0.25) is 0 Å². The molecule has 3 N–H and O–H groups in total. The molecule has 1 saturated heterocycles. The molecule has 3 aliphatic rings. The number of carbonyl (C=O) groups is 2. The topological polar surface area (TPSA) is 87.9 Å². The van der Waals surface area contributed by atoms with Gasteiger partial charge in [0.05, 0.1) is 6.04 Å². The highest BCUT2D eigenvalue weighted by Crippen LogP contribution is 2.48. The van der Waals surface area contributed by atoms with Gasteiger partial charge in [0.25, 0.3) is 0 Å².